The van der Waals surface area contributed by atoms with E-state index in [1.165, 1.54) is 0 Å². The van der Waals surface area contributed by atoms with E-state index in [0.29, 0.717) is 15.6 Å². The van der Waals surface area contributed by atoms with Gasteiger partial charge in [0.25, 0.3) is 0 Å². The topological polar surface area (TPSA) is 75.6 Å². The fourth-order valence-corrected chi connectivity index (χ4v) is 4.22. The standard InChI is InChI=1S/C25H23Cl2NO4/c1-15(23-19(26)7-5-8-20(23)27)24(29)28-21(25(30)31)14-16-10-12-17(13-11-16)18-6-3-4-9-22(18)32-2/h3-13,15,21H,14H2,1-2H3,(H,28,29)(H,30,31)/t15?,21-/m0/s1. The van der Waals surface area contributed by atoms with Crippen LogP contribution in [0.25, 0.3) is 11.1 Å². The molecular weight excluding hydrogens is 449 g/mol. The summed E-state index contributed by atoms with van der Waals surface area (Å²) in [6.45, 7) is 1.64. The molecule has 1 unspecified atom stereocenters. The smallest absolute Gasteiger partial charge is 0.326 e. The molecule has 0 aliphatic rings. The van der Waals surface area contributed by atoms with Crippen LogP contribution in [0.2, 0.25) is 10.0 Å². The molecule has 3 aromatic rings. The van der Waals surface area contributed by atoms with Crippen LogP contribution in [0.1, 0.15) is 24.0 Å². The highest BCUT2D eigenvalue weighted by atomic mass is 35.5. The first kappa shape index (κ1) is 23.6. The minimum absolute atomic E-state index is 0.135. The van der Waals surface area contributed by atoms with Crippen LogP contribution in [0.4, 0.5) is 0 Å². The van der Waals surface area contributed by atoms with Crippen molar-refractivity contribution in [1.82, 2.24) is 5.32 Å². The Hall–Kier alpha value is -3.02. The van der Waals surface area contributed by atoms with Gasteiger partial charge in [-0.25, -0.2) is 4.79 Å². The lowest BCUT2D eigenvalue weighted by atomic mass is 9.98. The minimum Gasteiger partial charge on any atom is -0.496 e. The SMILES string of the molecule is COc1ccccc1-c1ccc(C[C@H](NC(=O)C(C)c2c(Cl)cccc2Cl)C(=O)O)cc1. The average Bonchev–Trinajstić information content (AvgIpc) is 2.78. The van der Waals surface area contributed by atoms with Crippen molar-refractivity contribution in [3.8, 4) is 16.9 Å². The number of hydrogen-bond acceptors (Lipinski definition) is 3. The van der Waals surface area contributed by atoms with Gasteiger partial charge in [0, 0.05) is 27.6 Å². The zero-order valence-electron chi connectivity index (χ0n) is 17.6. The minimum atomic E-state index is -1.12. The molecule has 2 atom stereocenters. The number of amides is 1. The molecule has 0 bridgehead atoms. The summed E-state index contributed by atoms with van der Waals surface area (Å²) < 4.78 is 5.40. The van der Waals surface area contributed by atoms with Crippen molar-refractivity contribution in [2.24, 2.45) is 0 Å². The summed E-state index contributed by atoms with van der Waals surface area (Å²) >= 11 is 12.4. The van der Waals surface area contributed by atoms with Crippen molar-refractivity contribution in [3.63, 3.8) is 0 Å². The molecule has 0 aliphatic heterocycles. The van der Waals surface area contributed by atoms with Gasteiger partial charge < -0.3 is 15.2 Å². The van der Waals surface area contributed by atoms with E-state index >= 15 is 0 Å². The van der Waals surface area contributed by atoms with Gasteiger partial charge in [0.05, 0.1) is 13.0 Å². The van der Waals surface area contributed by atoms with Gasteiger partial charge in [-0.2, -0.15) is 0 Å². The lowest BCUT2D eigenvalue weighted by Gasteiger charge is -2.20. The van der Waals surface area contributed by atoms with Crippen molar-refractivity contribution in [2.45, 2.75) is 25.3 Å². The molecule has 0 fully saturated rings. The first-order valence-corrected chi connectivity index (χ1v) is 10.8. The maximum absolute atomic E-state index is 12.8. The third kappa shape index (κ3) is 5.42. The van der Waals surface area contributed by atoms with Crippen LogP contribution in [-0.2, 0) is 16.0 Å². The Kier molecular flexibility index (Phi) is 7.78. The number of carboxylic acids is 1. The lowest BCUT2D eigenvalue weighted by Crippen LogP contribution is -2.44. The quantitative estimate of drug-likeness (QED) is 0.449. The van der Waals surface area contributed by atoms with E-state index in [0.717, 1.165) is 22.4 Å². The van der Waals surface area contributed by atoms with E-state index in [-0.39, 0.29) is 6.42 Å². The van der Waals surface area contributed by atoms with E-state index in [4.69, 9.17) is 27.9 Å². The first-order chi connectivity index (χ1) is 15.3. The zero-order chi connectivity index (χ0) is 23.3. The lowest BCUT2D eigenvalue weighted by molar-refractivity contribution is -0.141. The van der Waals surface area contributed by atoms with Crippen molar-refractivity contribution < 1.29 is 19.4 Å². The number of carbonyl (C=O) groups excluding carboxylic acids is 1. The van der Waals surface area contributed by atoms with Crippen LogP contribution in [0, 0.1) is 0 Å². The molecule has 0 aliphatic carbocycles. The zero-order valence-corrected chi connectivity index (χ0v) is 19.2. The van der Waals surface area contributed by atoms with Gasteiger partial charge in [-0.05, 0) is 36.2 Å². The van der Waals surface area contributed by atoms with E-state index in [1.54, 1.807) is 32.2 Å². The molecule has 7 heteroatoms. The van der Waals surface area contributed by atoms with Gasteiger partial charge in [0.2, 0.25) is 5.91 Å². The van der Waals surface area contributed by atoms with Gasteiger partial charge in [-0.1, -0.05) is 71.7 Å². The largest absolute Gasteiger partial charge is 0.496 e. The first-order valence-electron chi connectivity index (χ1n) is 10.0. The molecule has 5 nitrogen and oxygen atoms in total. The van der Waals surface area contributed by atoms with Gasteiger partial charge >= 0.3 is 5.97 Å². The molecule has 0 saturated carbocycles. The Morgan fingerprint density at radius 3 is 2.19 bits per heavy atom. The monoisotopic (exact) mass is 471 g/mol. The number of hydrogen-bond donors (Lipinski definition) is 2. The maximum Gasteiger partial charge on any atom is 0.326 e. The third-order valence-corrected chi connectivity index (χ3v) is 5.91. The Balaban J connectivity index is 1.74. The van der Waals surface area contributed by atoms with Crippen LogP contribution in [0.3, 0.4) is 0 Å². The predicted octanol–water partition coefficient (Wildman–Crippen LogP) is 5.58. The second-order valence-corrected chi connectivity index (χ2v) is 8.17. The predicted molar refractivity (Wildman–Crippen MR) is 127 cm³/mol. The van der Waals surface area contributed by atoms with E-state index < -0.39 is 23.8 Å². The second-order valence-electron chi connectivity index (χ2n) is 7.36. The highest BCUT2D eigenvalue weighted by Crippen LogP contribution is 2.32. The number of carboxylic acid groups (broad SMARTS) is 1. The summed E-state index contributed by atoms with van der Waals surface area (Å²) in [5, 5.41) is 13.0. The van der Waals surface area contributed by atoms with Gasteiger partial charge in [0.15, 0.2) is 0 Å². The second kappa shape index (κ2) is 10.5. The highest BCUT2D eigenvalue weighted by molar-refractivity contribution is 6.36. The number of halogens is 2. The Morgan fingerprint density at radius 2 is 1.59 bits per heavy atom. The van der Waals surface area contributed by atoms with Crippen LogP contribution in [-0.4, -0.2) is 30.1 Å². The number of aliphatic carboxylic acids is 1. The summed E-state index contributed by atoms with van der Waals surface area (Å²) in [5.74, 6) is -1.53. The van der Waals surface area contributed by atoms with Crippen LogP contribution >= 0.6 is 23.2 Å². The van der Waals surface area contributed by atoms with Gasteiger partial charge in [0.1, 0.15) is 11.8 Å². The number of methoxy groups -OCH3 is 1. The third-order valence-electron chi connectivity index (χ3n) is 5.25. The van der Waals surface area contributed by atoms with Crippen molar-refractivity contribution in [3.05, 3.63) is 87.9 Å². The number of carbonyl (C=O) groups is 2. The molecule has 0 spiro atoms. The molecule has 2 N–H and O–H groups in total. The summed E-state index contributed by atoms with van der Waals surface area (Å²) in [7, 11) is 1.62. The normalized spacial score (nSPS) is 12.6. The molecule has 32 heavy (non-hydrogen) atoms. The van der Waals surface area contributed by atoms with E-state index in [2.05, 4.69) is 5.32 Å². The van der Waals surface area contributed by atoms with Crippen LogP contribution < -0.4 is 10.1 Å². The highest BCUT2D eigenvalue weighted by Gasteiger charge is 2.26. The number of benzene rings is 3. The molecule has 0 radical (unpaired) electrons. The van der Waals surface area contributed by atoms with Crippen LogP contribution in [0.15, 0.2) is 66.7 Å². The van der Waals surface area contributed by atoms with Gasteiger partial charge in [-0.15, -0.1) is 0 Å². The summed E-state index contributed by atoms with van der Waals surface area (Å²) in [4.78, 5) is 24.6. The average molecular weight is 472 g/mol. The van der Waals surface area contributed by atoms with Crippen LogP contribution in [0.5, 0.6) is 5.75 Å². The van der Waals surface area contributed by atoms with E-state index in [9.17, 15) is 14.7 Å². The number of para-hydroxylation sites is 1. The fourth-order valence-electron chi connectivity index (χ4n) is 3.49. The molecule has 0 aromatic heterocycles. The molecule has 166 valence electrons. The van der Waals surface area contributed by atoms with E-state index in [1.807, 2.05) is 48.5 Å². The molecular formula is C25H23Cl2NO4. The van der Waals surface area contributed by atoms with Gasteiger partial charge in [-0.3, -0.25) is 4.79 Å². The summed E-state index contributed by atoms with van der Waals surface area (Å²) in [5.41, 5.74) is 3.14. The molecule has 0 saturated heterocycles. The summed E-state index contributed by atoms with van der Waals surface area (Å²) in [6.07, 6.45) is 0.135. The molecule has 0 heterocycles. The number of nitrogens with one attached hydrogen (secondary N) is 1. The number of ether oxygens (including phenoxy) is 1. The Labute approximate surface area is 196 Å². The maximum atomic E-state index is 12.8. The fraction of sp³-hybridized carbons (Fsp3) is 0.200. The van der Waals surface area contributed by atoms with Crippen molar-refractivity contribution in [2.75, 3.05) is 7.11 Å². The van der Waals surface area contributed by atoms with Crippen molar-refractivity contribution in [1.29, 1.82) is 0 Å². The molecule has 1 amide bonds. The number of rotatable bonds is 8. The molecule has 3 aromatic carbocycles. The molecule has 3 rings (SSSR count). The Morgan fingerprint density at radius 1 is 0.969 bits per heavy atom. The summed E-state index contributed by atoms with van der Waals surface area (Å²) in [6, 6.07) is 19.0. The Bertz CT molecular complexity index is 1090. The van der Waals surface area contributed by atoms with Crippen molar-refractivity contribution >= 4 is 35.1 Å².